The van der Waals surface area contributed by atoms with Crippen LogP contribution in [0.1, 0.15) is 58.9 Å². The Labute approximate surface area is 121 Å². The first-order chi connectivity index (χ1) is 9.61. The molecule has 1 aromatic heterocycles. The maximum absolute atomic E-state index is 12.0. The maximum atomic E-state index is 12.0. The van der Waals surface area contributed by atoms with Crippen molar-refractivity contribution in [2.24, 2.45) is 0 Å². The highest BCUT2D eigenvalue weighted by Crippen LogP contribution is 2.39. The van der Waals surface area contributed by atoms with Crippen LogP contribution in [0.5, 0.6) is 0 Å². The summed E-state index contributed by atoms with van der Waals surface area (Å²) in [4.78, 5) is 27.7. The van der Waals surface area contributed by atoms with Gasteiger partial charge in [0, 0.05) is 4.88 Å². The summed E-state index contributed by atoms with van der Waals surface area (Å²) in [5.74, 6) is -0.0577. The number of rotatable bonds is 5. The van der Waals surface area contributed by atoms with E-state index in [0.29, 0.717) is 23.2 Å². The van der Waals surface area contributed by atoms with E-state index in [1.807, 2.05) is 0 Å². The monoisotopic (exact) mass is 298 g/mol. The number of carbonyl (C=O) groups excluding carboxylic acids is 1. The van der Waals surface area contributed by atoms with Crippen molar-refractivity contribution in [3.63, 3.8) is 0 Å². The Morgan fingerprint density at radius 1 is 1.45 bits per heavy atom. The number of nitrogens with zero attached hydrogens (tertiary/aromatic N) is 1. The van der Waals surface area contributed by atoms with Gasteiger partial charge in [-0.25, -0.2) is 14.6 Å². The summed E-state index contributed by atoms with van der Waals surface area (Å²) in [6, 6.07) is 0. The fourth-order valence-corrected chi connectivity index (χ4v) is 3.58. The molecule has 2 N–H and O–H groups in total. The third-order valence-electron chi connectivity index (χ3n) is 3.28. The molecule has 0 radical (unpaired) electrons. The van der Waals surface area contributed by atoms with Crippen molar-refractivity contribution in [1.29, 1.82) is 0 Å². The van der Waals surface area contributed by atoms with Crippen LogP contribution < -0.4 is 5.32 Å². The summed E-state index contributed by atoms with van der Waals surface area (Å²) in [6.45, 7) is 2.19. The van der Waals surface area contributed by atoms with Gasteiger partial charge >= 0.3 is 12.1 Å². The Kier molecular flexibility index (Phi) is 4.94. The average Bonchev–Trinajstić information content (AvgIpc) is 3.05. The van der Waals surface area contributed by atoms with Gasteiger partial charge in [0.1, 0.15) is 5.01 Å². The quantitative estimate of drug-likeness (QED) is 0.816. The predicted octanol–water partition coefficient (Wildman–Crippen LogP) is 2.75. The minimum absolute atomic E-state index is 0.124. The minimum Gasteiger partial charge on any atom is -0.465 e. The van der Waals surface area contributed by atoms with Crippen LogP contribution in [0.25, 0.3) is 0 Å². The van der Waals surface area contributed by atoms with E-state index in [4.69, 9.17) is 9.84 Å². The number of ether oxygens (including phenoxy) is 1. The van der Waals surface area contributed by atoms with Gasteiger partial charge in [0.05, 0.1) is 13.2 Å². The lowest BCUT2D eigenvalue weighted by molar-refractivity contribution is 0.0518. The Morgan fingerprint density at radius 3 is 2.75 bits per heavy atom. The summed E-state index contributed by atoms with van der Waals surface area (Å²) >= 11 is 1.42. The zero-order valence-corrected chi connectivity index (χ0v) is 12.2. The SMILES string of the molecule is CCOC(=O)c1nc(CNC(=O)O)sc1C1CCCC1. The van der Waals surface area contributed by atoms with E-state index < -0.39 is 12.1 Å². The molecule has 20 heavy (non-hydrogen) atoms. The number of carboxylic acid groups (broad SMARTS) is 1. The molecule has 0 unspecified atom stereocenters. The highest BCUT2D eigenvalue weighted by molar-refractivity contribution is 7.12. The first-order valence-electron chi connectivity index (χ1n) is 6.75. The summed E-state index contributed by atoms with van der Waals surface area (Å²) in [6.07, 6.45) is 3.34. The van der Waals surface area contributed by atoms with Gasteiger partial charge in [-0.05, 0) is 25.7 Å². The van der Waals surface area contributed by atoms with Gasteiger partial charge in [0.2, 0.25) is 0 Å². The number of esters is 1. The molecular formula is C13H18N2O4S. The fourth-order valence-electron chi connectivity index (χ4n) is 2.42. The third-order valence-corrected chi connectivity index (χ3v) is 4.50. The van der Waals surface area contributed by atoms with Gasteiger partial charge in [-0.15, -0.1) is 11.3 Å². The second-order valence-electron chi connectivity index (χ2n) is 4.68. The van der Waals surface area contributed by atoms with Crippen LogP contribution in [0.3, 0.4) is 0 Å². The molecule has 6 nitrogen and oxygen atoms in total. The number of hydrogen-bond acceptors (Lipinski definition) is 5. The molecule has 0 bridgehead atoms. The normalized spacial score (nSPS) is 15.2. The van der Waals surface area contributed by atoms with Crippen molar-refractivity contribution < 1.29 is 19.4 Å². The second-order valence-corrected chi connectivity index (χ2v) is 5.80. The molecule has 1 heterocycles. The van der Waals surface area contributed by atoms with E-state index in [1.54, 1.807) is 6.92 Å². The predicted molar refractivity (Wildman–Crippen MR) is 74.1 cm³/mol. The Hall–Kier alpha value is -1.63. The average molecular weight is 298 g/mol. The molecule has 0 saturated heterocycles. The molecule has 1 aliphatic rings. The minimum atomic E-state index is -1.10. The molecule has 7 heteroatoms. The molecular weight excluding hydrogens is 280 g/mol. The van der Waals surface area contributed by atoms with E-state index in [-0.39, 0.29) is 6.54 Å². The third kappa shape index (κ3) is 3.47. The highest BCUT2D eigenvalue weighted by atomic mass is 32.1. The molecule has 1 fully saturated rings. The summed E-state index contributed by atoms with van der Waals surface area (Å²) in [5, 5.41) is 11.5. The molecule has 2 rings (SSSR count). The van der Waals surface area contributed by atoms with Gasteiger partial charge in [-0.2, -0.15) is 0 Å². The van der Waals surface area contributed by atoms with Crippen molar-refractivity contribution in [2.75, 3.05) is 6.61 Å². The molecule has 0 aliphatic heterocycles. The highest BCUT2D eigenvalue weighted by Gasteiger charge is 2.27. The van der Waals surface area contributed by atoms with Crippen LogP contribution in [-0.2, 0) is 11.3 Å². The summed E-state index contributed by atoms with van der Waals surface area (Å²) in [7, 11) is 0. The molecule has 1 aliphatic carbocycles. The van der Waals surface area contributed by atoms with Crippen molar-refractivity contribution >= 4 is 23.4 Å². The summed E-state index contributed by atoms with van der Waals surface area (Å²) in [5.41, 5.74) is 0.367. The molecule has 1 aromatic rings. The van der Waals surface area contributed by atoms with Crippen molar-refractivity contribution in [2.45, 2.75) is 45.1 Å². The maximum Gasteiger partial charge on any atom is 0.405 e. The Balaban J connectivity index is 2.21. The lowest BCUT2D eigenvalue weighted by Crippen LogP contribution is -2.19. The van der Waals surface area contributed by atoms with Crippen LogP contribution >= 0.6 is 11.3 Å². The summed E-state index contributed by atoms with van der Waals surface area (Å²) < 4.78 is 5.04. The Morgan fingerprint density at radius 2 is 2.15 bits per heavy atom. The number of carbonyl (C=O) groups is 2. The molecule has 0 aromatic carbocycles. The number of nitrogens with one attached hydrogen (secondary N) is 1. The first-order valence-corrected chi connectivity index (χ1v) is 7.57. The van der Waals surface area contributed by atoms with E-state index in [9.17, 15) is 9.59 Å². The van der Waals surface area contributed by atoms with E-state index >= 15 is 0 Å². The number of thiazole rings is 1. The van der Waals surface area contributed by atoms with Crippen LogP contribution in [0.15, 0.2) is 0 Å². The van der Waals surface area contributed by atoms with Gasteiger partial charge in [-0.3, -0.25) is 0 Å². The Bertz CT molecular complexity index is 495. The van der Waals surface area contributed by atoms with Crippen molar-refractivity contribution in [1.82, 2.24) is 10.3 Å². The standard InChI is InChI=1S/C13H18N2O4S/c1-2-19-12(16)10-11(8-5-3-4-6-8)20-9(15-10)7-14-13(17)18/h8,14H,2-7H2,1H3,(H,17,18). The number of aromatic nitrogens is 1. The van der Waals surface area contributed by atoms with Gasteiger partial charge in [-0.1, -0.05) is 12.8 Å². The first kappa shape index (κ1) is 14.8. The number of amides is 1. The second kappa shape index (κ2) is 6.69. The van der Waals surface area contributed by atoms with E-state index in [2.05, 4.69) is 10.3 Å². The zero-order chi connectivity index (χ0) is 14.5. The van der Waals surface area contributed by atoms with Crippen LogP contribution in [0.4, 0.5) is 4.79 Å². The zero-order valence-electron chi connectivity index (χ0n) is 11.3. The van der Waals surface area contributed by atoms with E-state index in [1.165, 1.54) is 11.3 Å². The largest absolute Gasteiger partial charge is 0.465 e. The van der Waals surface area contributed by atoms with Crippen LogP contribution in [0, 0.1) is 0 Å². The molecule has 0 spiro atoms. The molecule has 110 valence electrons. The lowest BCUT2D eigenvalue weighted by Gasteiger charge is -2.07. The van der Waals surface area contributed by atoms with E-state index in [0.717, 1.165) is 30.6 Å². The van der Waals surface area contributed by atoms with Gasteiger partial charge in [0.25, 0.3) is 0 Å². The smallest absolute Gasteiger partial charge is 0.405 e. The molecule has 1 amide bonds. The topological polar surface area (TPSA) is 88.5 Å². The van der Waals surface area contributed by atoms with Gasteiger partial charge < -0.3 is 15.2 Å². The fraction of sp³-hybridized carbons (Fsp3) is 0.615. The molecule has 0 atom stereocenters. The van der Waals surface area contributed by atoms with Crippen LogP contribution in [-0.4, -0.2) is 28.8 Å². The number of hydrogen-bond donors (Lipinski definition) is 2. The van der Waals surface area contributed by atoms with Crippen molar-refractivity contribution in [3.05, 3.63) is 15.6 Å². The van der Waals surface area contributed by atoms with Crippen molar-refractivity contribution in [3.8, 4) is 0 Å². The van der Waals surface area contributed by atoms with Crippen LogP contribution in [0.2, 0.25) is 0 Å². The van der Waals surface area contributed by atoms with Gasteiger partial charge in [0.15, 0.2) is 5.69 Å². The molecule has 1 saturated carbocycles. The lowest BCUT2D eigenvalue weighted by atomic mass is 10.1.